The highest BCUT2D eigenvalue weighted by molar-refractivity contribution is 7.15. The van der Waals surface area contributed by atoms with E-state index in [2.05, 4.69) is 34.1 Å². The summed E-state index contributed by atoms with van der Waals surface area (Å²) in [6.07, 6.45) is 2.08. The second kappa shape index (κ2) is 8.68. The van der Waals surface area contributed by atoms with Crippen LogP contribution in [0.1, 0.15) is 43.2 Å². The Morgan fingerprint density at radius 3 is 2.46 bits per heavy atom. The SMILES string of the molecule is CCC(CC)c1nnc(NC(=O)Cc2ccc(OC(F)F)cc2)s1. The molecule has 0 aliphatic heterocycles. The van der Waals surface area contributed by atoms with Crippen LogP contribution >= 0.6 is 11.3 Å². The number of benzene rings is 1. The second-order valence-corrected chi connectivity index (χ2v) is 6.22. The van der Waals surface area contributed by atoms with Crippen molar-refractivity contribution < 1.29 is 18.3 Å². The largest absolute Gasteiger partial charge is 0.435 e. The molecule has 0 aliphatic carbocycles. The summed E-state index contributed by atoms with van der Waals surface area (Å²) < 4.78 is 28.4. The number of aromatic nitrogens is 2. The van der Waals surface area contributed by atoms with E-state index in [0.29, 0.717) is 16.6 Å². The van der Waals surface area contributed by atoms with Gasteiger partial charge >= 0.3 is 6.61 Å². The molecule has 0 fully saturated rings. The minimum absolute atomic E-state index is 0.0631. The number of alkyl halides is 2. The van der Waals surface area contributed by atoms with Crippen molar-refractivity contribution in [2.75, 3.05) is 5.32 Å². The molecule has 8 heteroatoms. The van der Waals surface area contributed by atoms with Gasteiger partial charge in [0.1, 0.15) is 10.8 Å². The van der Waals surface area contributed by atoms with Crippen molar-refractivity contribution in [3.63, 3.8) is 0 Å². The van der Waals surface area contributed by atoms with Crippen molar-refractivity contribution >= 4 is 22.4 Å². The number of ether oxygens (including phenoxy) is 1. The number of carbonyl (C=O) groups is 1. The first-order chi connectivity index (χ1) is 11.5. The molecule has 0 spiro atoms. The number of anilines is 1. The van der Waals surface area contributed by atoms with Crippen LogP contribution in [0.25, 0.3) is 0 Å². The van der Waals surface area contributed by atoms with E-state index in [0.717, 1.165) is 17.8 Å². The molecule has 1 heterocycles. The first-order valence-electron chi connectivity index (χ1n) is 7.68. The van der Waals surface area contributed by atoms with Crippen LogP contribution in [0.4, 0.5) is 13.9 Å². The summed E-state index contributed by atoms with van der Waals surface area (Å²) in [5.74, 6) is 0.188. The Morgan fingerprint density at radius 2 is 1.88 bits per heavy atom. The number of hydrogen-bond donors (Lipinski definition) is 1. The molecule has 5 nitrogen and oxygen atoms in total. The van der Waals surface area contributed by atoms with E-state index in [1.165, 1.54) is 23.5 Å². The number of nitrogens with zero attached hydrogens (tertiary/aromatic N) is 2. The molecule has 0 saturated carbocycles. The zero-order chi connectivity index (χ0) is 17.5. The lowest BCUT2D eigenvalue weighted by atomic mass is 10.1. The molecule has 0 radical (unpaired) electrons. The maximum absolute atomic E-state index is 12.1. The fraction of sp³-hybridized carbons (Fsp3) is 0.438. The minimum atomic E-state index is -2.86. The van der Waals surface area contributed by atoms with Crippen molar-refractivity contribution in [1.29, 1.82) is 0 Å². The summed E-state index contributed by atoms with van der Waals surface area (Å²) >= 11 is 1.38. The van der Waals surface area contributed by atoms with Gasteiger partial charge in [0.25, 0.3) is 0 Å². The topological polar surface area (TPSA) is 64.1 Å². The van der Waals surface area contributed by atoms with Crippen LogP contribution in [0, 0.1) is 0 Å². The number of amides is 1. The van der Waals surface area contributed by atoms with Crippen molar-refractivity contribution in [3.8, 4) is 5.75 Å². The fourth-order valence-electron chi connectivity index (χ4n) is 2.23. The predicted octanol–water partition coefficient (Wildman–Crippen LogP) is 4.22. The van der Waals surface area contributed by atoms with Crippen LogP contribution in [0.5, 0.6) is 5.75 Å². The highest BCUT2D eigenvalue weighted by Crippen LogP contribution is 2.28. The van der Waals surface area contributed by atoms with Crippen molar-refractivity contribution in [2.45, 2.75) is 45.6 Å². The Kier molecular flexibility index (Phi) is 6.60. The first-order valence-corrected chi connectivity index (χ1v) is 8.50. The molecule has 2 aromatic rings. The van der Waals surface area contributed by atoms with Gasteiger partial charge in [0.05, 0.1) is 6.42 Å². The number of rotatable bonds is 8. The van der Waals surface area contributed by atoms with Gasteiger partial charge in [-0.2, -0.15) is 8.78 Å². The third kappa shape index (κ3) is 5.23. The van der Waals surface area contributed by atoms with E-state index in [1.807, 2.05) is 0 Å². The molecular weight excluding hydrogens is 336 g/mol. The summed E-state index contributed by atoms with van der Waals surface area (Å²) in [4.78, 5) is 12.0. The van der Waals surface area contributed by atoms with E-state index in [-0.39, 0.29) is 18.1 Å². The molecular formula is C16H19F2N3O2S. The Bertz CT molecular complexity index is 658. The van der Waals surface area contributed by atoms with Gasteiger partial charge in [-0.3, -0.25) is 4.79 Å². The van der Waals surface area contributed by atoms with Crippen LogP contribution in [0.2, 0.25) is 0 Å². The average Bonchev–Trinajstić information content (AvgIpc) is 2.98. The van der Waals surface area contributed by atoms with Gasteiger partial charge in [-0.15, -0.1) is 10.2 Å². The average molecular weight is 355 g/mol. The van der Waals surface area contributed by atoms with Crippen LogP contribution in [-0.4, -0.2) is 22.7 Å². The predicted molar refractivity (Wildman–Crippen MR) is 88.6 cm³/mol. The smallest absolute Gasteiger partial charge is 0.387 e. The highest BCUT2D eigenvalue weighted by atomic mass is 32.1. The summed E-state index contributed by atoms with van der Waals surface area (Å²) in [6.45, 7) is 1.32. The number of halogens is 2. The van der Waals surface area contributed by atoms with E-state index < -0.39 is 6.61 Å². The molecule has 0 atom stereocenters. The number of hydrogen-bond acceptors (Lipinski definition) is 5. The van der Waals surface area contributed by atoms with Gasteiger partial charge in [0, 0.05) is 5.92 Å². The summed E-state index contributed by atoms with van der Waals surface area (Å²) in [6, 6.07) is 5.97. The maximum Gasteiger partial charge on any atom is 0.387 e. The van der Waals surface area contributed by atoms with Gasteiger partial charge in [-0.05, 0) is 30.5 Å². The lowest BCUT2D eigenvalue weighted by Crippen LogP contribution is -2.14. The van der Waals surface area contributed by atoms with Crippen LogP contribution < -0.4 is 10.1 Å². The monoisotopic (exact) mass is 355 g/mol. The standard InChI is InChI=1S/C16H19F2N3O2S/c1-3-11(4-2)14-20-21-16(24-14)19-13(22)9-10-5-7-12(8-6-10)23-15(17)18/h5-8,11,15H,3-4,9H2,1-2H3,(H,19,21,22). The molecule has 2 rings (SSSR count). The van der Waals surface area contributed by atoms with Gasteiger partial charge in [0.15, 0.2) is 0 Å². The van der Waals surface area contributed by atoms with E-state index in [4.69, 9.17) is 0 Å². The summed E-state index contributed by atoms with van der Waals surface area (Å²) in [5, 5.41) is 12.2. The Balaban J connectivity index is 1.91. The summed E-state index contributed by atoms with van der Waals surface area (Å²) in [5.41, 5.74) is 0.693. The van der Waals surface area contributed by atoms with Crippen LogP contribution in [-0.2, 0) is 11.2 Å². The highest BCUT2D eigenvalue weighted by Gasteiger charge is 2.14. The second-order valence-electron chi connectivity index (χ2n) is 5.21. The van der Waals surface area contributed by atoms with E-state index in [1.54, 1.807) is 12.1 Å². The number of nitrogens with one attached hydrogen (secondary N) is 1. The van der Waals surface area contributed by atoms with Gasteiger partial charge in [-0.1, -0.05) is 37.3 Å². The third-order valence-electron chi connectivity index (χ3n) is 3.54. The zero-order valence-corrected chi connectivity index (χ0v) is 14.3. The lowest BCUT2D eigenvalue weighted by Gasteiger charge is -2.06. The van der Waals surface area contributed by atoms with Crippen molar-refractivity contribution in [3.05, 3.63) is 34.8 Å². The molecule has 1 aromatic carbocycles. The van der Waals surface area contributed by atoms with Crippen molar-refractivity contribution in [1.82, 2.24) is 10.2 Å². The Hall–Kier alpha value is -2.09. The molecule has 24 heavy (non-hydrogen) atoms. The molecule has 0 unspecified atom stereocenters. The molecule has 1 N–H and O–H groups in total. The van der Waals surface area contributed by atoms with E-state index >= 15 is 0 Å². The maximum atomic E-state index is 12.1. The molecule has 0 bridgehead atoms. The van der Waals surface area contributed by atoms with Crippen LogP contribution in [0.15, 0.2) is 24.3 Å². The third-order valence-corrected chi connectivity index (χ3v) is 4.54. The molecule has 130 valence electrons. The Morgan fingerprint density at radius 1 is 1.21 bits per heavy atom. The normalized spacial score (nSPS) is 11.1. The minimum Gasteiger partial charge on any atom is -0.435 e. The lowest BCUT2D eigenvalue weighted by molar-refractivity contribution is -0.115. The Labute approximate surface area is 143 Å². The van der Waals surface area contributed by atoms with Crippen LogP contribution in [0.3, 0.4) is 0 Å². The molecule has 0 saturated heterocycles. The summed E-state index contributed by atoms with van der Waals surface area (Å²) in [7, 11) is 0. The number of carbonyl (C=O) groups excluding carboxylic acids is 1. The quantitative estimate of drug-likeness (QED) is 0.770. The molecule has 1 aromatic heterocycles. The van der Waals surface area contributed by atoms with Gasteiger partial charge < -0.3 is 10.1 Å². The van der Waals surface area contributed by atoms with Gasteiger partial charge in [0.2, 0.25) is 11.0 Å². The van der Waals surface area contributed by atoms with Crippen molar-refractivity contribution in [2.24, 2.45) is 0 Å². The van der Waals surface area contributed by atoms with E-state index in [9.17, 15) is 13.6 Å². The van der Waals surface area contributed by atoms with Gasteiger partial charge in [-0.25, -0.2) is 0 Å². The first kappa shape index (κ1) is 18.3. The fourth-order valence-corrected chi connectivity index (χ4v) is 3.25. The molecule has 1 amide bonds. The molecule has 0 aliphatic rings. The zero-order valence-electron chi connectivity index (χ0n) is 13.5.